The standard InChI is InChI=1S/C4H6OS4/c6-3(7)1-2-5-4(3,8)9/h1-2,6-9H. The molecule has 0 radical (unpaired) electrons. The highest BCUT2D eigenvalue weighted by Gasteiger charge is 2.44. The van der Waals surface area contributed by atoms with E-state index in [0.29, 0.717) is 0 Å². The molecule has 0 aromatic rings. The quantitative estimate of drug-likeness (QED) is 0.342. The van der Waals surface area contributed by atoms with E-state index in [9.17, 15) is 0 Å². The minimum Gasteiger partial charge on any atom is -0.473 e. The summed E-state index contributed by atoms with van der Waals surface area (Å²) in [5.74, 6) is 0. The van der Waals surface area contributed by atoms with Crippen LogP contribution in [0, 0.1) is 0 Å². The summed E-state index contributed by atoms with van der Waals surface area (Å²) < 4.78 is 3.35. The predicted octanol–water partition coefficient (Wildman–Crippen LogP) is 1.60. The predicted molar refractivity (Wildman–Crippen MR) is 51.6 cm³/mol. The molecule has 0 N–H and O–H groups in total. The summed E-state index contributed by atoms with van der Waals surface area (Å²) >= 11 is 16.4. The first-order valence-electron chi connectivity index (χ1n) is 2.21. The van der Waals surface area contributed by atoms with Crippen LogP contribution >= 0.6 is 50.5 Å². The van der Waals surface area contributed by atoms with Crippen molar-refractivity contribution in [3.05, 3.63) is 12.3 Å². The van der Waals surface area contributed by atoms with Gasteiger partial charge in [0.25, 0.3) is 0 Å². The molecule has 9 heavy (non-hydrogen) atoms. The van der Waals surface area contributed by atoms with Gasteiger partial charge in [-0.1, -0.05) is 0 Å². The first-order chi connectivity index (χ1) is 3.96. The van der Waals surface area contributed by atoms with E-state index in [1.807, 2.05) is 0 Å². The zero-order chi connectivity index (χ0) is 7.12. The van der Waals surface area contributed by atoms with Crippen molar-refractivity contribution in [3.63, 3.8) is 0 Å². The molecule has 0 spiro atoms. The maximum absolute atomic E-state index is 4.95. The van der Waals surface area contributed by atoms with Gasteiger partial charge in [-0.25, -0.2) is 0 Å². The van der Waals surface area contributed by atoms with Crippen LogP contribution < -0.4 is 0 Å². The fourth-order valence-electron chi connectivity index (χ4n) is 0.419. The van der Waals surface area contributed by atoms with Gasteiger partial charge in [0.05, 0.1) is 6.26 Å². The zero-order valence-corrected chi connectivity index (χ0v) is 7.93. The molecule has 0 amide bonds. The van der Waals surface area contributed by atoms with Crippen molar-refractivity contribution >= 4 is 50.5 Å². The lowest BCUT2D eigenvalue weighted by Gasteiger charge is -2.27. The largest absolute Gasteiger partial charge is 0.473 e. The molecule has 52 valence electrons. The van der Waals surface area contributed by atoms with E-state index in [1.54, 1.807) is 6.08 Å². The van der Waals surface area contributed by atoms with Crippen LogP contribution in [-0.4, -0.2) is 8.34 Å². The van der Waals surface area contributed by atoms with Gasteiger partial charge in [0, 0.05) is 0 Å². The van der Waals surface area contributed by atoms with E-state index in [0.717, 1.165) is 0 Å². The van der Waals surface area contributed by atoms with Crippen molar-refractivity contribution in [3.8, 4) is 0 Å². The van der Waals surface area contributed by atoms with Crippen LogP contribution in [0.5, 0.6) is 0 Å². The van der Waals surface area contributed by atoms with Crippen LogP contribution in [0.25, 0.3) is 0 Å². The van der Waals surface area contributed by atoms with Crippen LogP contribution in [0.4, 0.5) is 0 Å². The van der Waals surface area contributed by atoms with Gasteiger partial charge < -0.3 is 4.74 Å². The molecule has 0 atom stereocenters. The molecular formula is C4H6OS4. The molecule has 1 nitrogen and oxygen atoms in total. The number of hydrogen-bond donors (Lipinski definition) is 4. The van der Waals surface area contributed by atoms with Crippen LogP contribution in [0.1, 0.15) is 0 Å². The van der Waals surface area contributed by atoms with Crippen molar-refractivity contribution < 1.29 is 4.74 Å². The van der Waals surface area contributed by atoms with E-state index in [4.69, 9.17) is 4.74 Å². The van der Waals surface area contributed by atoms with Crippen LogP contribution in [0.2, 0.25) is 0 Å². The minimum atomic E-state index is -0.904. The van der Waals surface area contributed by atoms with Crippen molar-refractivity contribution in [2.24, 2.45) is 0 Å². The number of rotatable bonds is 0. The molecule has 1 rings (SSSR count). The summed E-state index contributed by atoms with van der Waals surface area (Å²) in [5.41, 5.74) is 0. The van der Waals surface area contributed by atoms with E-state index < -0.39 is 8.34 Å². The van der Waals surface area contributed by atoms with E-state index >= 15 is 0 Å². The lowest BCUT2D eigenvalue weighted by Crippen LogP contribution is -2.31. The second kappa shape index (κ2) is 2.22. The van der Waals surface area contributed by atoms with Crippen molar-refractivity contribution in [1.29, 1.82) is 0 Å². The van der Waals surface area contributed by atoms with Gasteiger partial charge in [-0.05, 0) is 6.08 Å². The number of hydrogen-bond acceptors (Lipinski definition) is 5. The molecule has 0 fully saturated rings. The Kier molecular flexibility index (Phi) is 1.98. The third-order valence-corrected chi connectivity index (χ3v) is 3.56. The highest BCUT2D eigenvalue weighted by Crippen LogP contribution is 2.46. The topological polar surface area (TPSA) is 9.23 Å². The van der Waals surface area contributed by atoms with E-state index in [-0.39, 0.29) is 0 Å². The highest BCUT2D eigenvalue weighted by molar-refractivity contribution is 8.08. The Hall–Kier alpha value is 0.940. The van der Waals surface area contributed by atoms with Crippen LogP contribution in [-0.2, 0) is 4.74 Å². The Morgan fingerprint density at radius 2 is 1.67 bits per heavy atom. The van der Waals surface area contributed by atoms with Crippen molar-refractivity contribution in [2.45, 2.75) is 8.34 Å². The lowest BCUT2D eigenvalue weighted by molar-refractivity contribution is 0.223. The van der Waals surface area contributed by atoms with Gasteiger partial charge in [-0.15, -0.1) is 25.3 Å². The third kappa shape index (κ3) is 1.34. The Morgan fingerprint density at radius 1 is 1.11 bits per heavy atom. The van der Waals surface area contributed by atoms with E-state index in [1.165, 1.54) is 6.26 Å². The van der Waals surface area contributed by atoms with Crippen molar-refractivity contribution in [2.75, 3.05) is 0 Å². The van der Waals surface area contributed by atoms with Gasteiger partial charge in [0.2, 0.25) is 4.27 Å². The Bertz CT molecular complexity index is 151. The average molecular weight is 198 g/mol. The molecule has 0 saturated carbocycles. The Labute approximate surface area is 75.9 Å². The van der Waals surface area contributed by atoms with Crippen LogP contribution in [0.3, 0.4) is 0 Å². The molecule has 0 bridgehead atoms. The van der Waals surface area contributed by atoms with Gasteiger partial charge in [0.15, 0.2) is 0 Å². The van der Waals surface area contributed by atoms with Gasteiger partial charge in [-0.2, -0.15) is 25.3 Å². The molecular weight excluding hydrogens is 192 g/mol. The van der Waals surface area contributed by atoms with Gasteiger partial charge in [-0.3, -0.25) is 0 Å². The van der Waals surface area contributed by atoms with Gasteiger partial charge in [0.1, 0.15) is 4.08 Å². The first-order valence-corrected chi connectivity index (χ1v) is 4.00. The summed E-state index contributed by atoms with van der Waals surface area (Å²) in [6, 6.07) is 0. The fraction of sp³-hybridized carbons (Fsp3) is 0.500. The monoisotopic (exact) mass is 198 g/mol. The molecule has 0 saturated heterocycles. The maximum atomic E-state index is 4.95. The second-order valence-corrected chi connectivity index (χ2v) is 5.13. The molecule has 1 aliphatic heterocycles. The minimum absolute atomic E-state index is 0.695. The average Bonchev–Trinajstić information content (AvgIpc) is 1.81. The van der Waals surface area contributed by atoms with Crippen LogP contribution in [0.15, 0.2) is 12.3 Å². The maximum Gasteiger partial charge on any atom is 0.222 e. The smallest absolute Gasteiger partial charge is 0.222 e. The van der Waals surface area contributed by atoms with Crippen molar-refractivity contribution in [1.82, 2.24) is 0 Å². The molecule has 0 aromatic heterocycles. The zero-order valence-electron chi connectivity index (χ0n) is 4.35. The van der Waals surface area contributed by atoms with E-state index in [2.05, 4.69) is 50.5 Å². The SMILES string of the molecule is SC1(S)C=COC1(S)S. The summed E-state index contributed by atoms with van der Waals surface area (Å²) in [6.45, 7) is 0. The number of ether oxygens (including phenoxy) is 1. The molecule has 0 aliphatic carbocycles. The Morgan fingerprint density at radius 3 is 1.78 bits per heavy atom. The first kappa shape index (κ1) is 8.04. The summed E-state index contributed by atoms with van der Waals surface area (Å²) in [7, 11) is 0. The highest BCUT2D eigenvalue weighted by atomic mass is 32.2. The summed E-state index contributed by atoms with van der Waals surface area (Å²) in [6.07, 6.45) is 3.17. The molecule has 1 heterocycles. The lowest BCUT2D eigenvalue weighted by atomic mass is 10.4. The second-order valence-electron chi connectivity index (χ2n) is 1.75. The third-order valence-electron chi connectivity index (χ3n) is 1.01. The number of thiol groups is 4. The summed E-state index contributed by atoms with van der Waals surface area (Å²) in [5, 5.41) is 0. The molecule has 5 heteroatoms. The molecule has 0 aromatic carbocycles. The molecule has 0 unspecified atom stereocenters. The van der Waals surface area contributed by atoms with Gasteiger partial charge >= 0.3 is 0 Å². The fourth-order valence-corrected chi connectivity index (χ4v) is 0.917. The summed E-state index contributed by atoms with van der Waals surface area (Å²) in [4.78, 5) is 0. The Balaban J connectivity index is 2.84. The molecule has 1 aliphatic rings. The normalized spacial score (nSPS) is 28.0.